The molecule has 6 heteroatoms. The highest BCUT2D eigenvalue weighted by atomic mass is 35.5. The van der Waals surface area contributed by atoms with Gasteiger partial charge in [-0.15, -0.1) is 11.6 Å². The van der Waals surface area contributed by atoms with Crippen LogP contribution in [-0.4, -0.2) is 34.6 Å². The Labute approximate surface area is 121 Å². The lowest BCUT2D eigenvalue weighted by atomic mass is 10.2. The largest absolute Gasteiger partial charge is 0.325 e. The summed E-state index contributed by atoms with van der Waals surface area (Å²) in [6.07, 6.45) is 0. The summed E-state index contributed by atoms with van der Waals surface area (Å²) in [4.78, 5) is 6.50. The summed E-state index contributed by atoms with van der Waals surface area (Å²) in [7, 11) is 4.00. The van der Waals surface area contributed by atoms with Crippen LogP contribution in [0.4, 0.5) is 4.39 Å². The summed E-state index contributed by atoms with van der Waals surface area (Å²) in [6, 6.07) is 3.25. The Morgan fingerprint density at radius 3 is 2.68 bits per heavy atom. The molecular weight excluding hydrogens is 288 g/mol. The summed E-state index contributed by atoms with van der Waals surface area (Å²) in [6.45, 7) is 2.79. The molecule has 0 spiro atoms. The number of halogens is 3. The van der Waals surface area contributed by atoms with Crippen LogP contribution in [-0.2, 0) is 12.4 Å². The van der Waals surface area contributed by atoms with Crippen LogP contribution in [0.25, 0.3) is 11.0 Å². The number of fused-ring (bicyclic) bond motifs is 1. The van der Waals surface area contributed by atoms with E-state index in [0.717, 1.165) is 11.3 Å². The number of likely N-dealkylation sites (N-methyl/N-ethyl adjacent to an activating group) is 1. The first kappa shape index (κ1) is 14.6. The van der Waals surface area contributed by atoms with Crippen molar-refractivity contribution in [2.45, 2.75) is 25.4 Å². The molecule has 1 aromatic carbocycles. The van der Waals surface area contributed by atoms with Crippen molar-refractivity contribution in [1.82, 2.24) is 14.5 Å². The van der Waals surface area contributed by atoms with Gasteiger partial charge in [0.15, 0.2) is 0 Å². The molecule has 0 aliphatic rings. The van der Waals surface area contributed by atoms with Gasteiger partial charge in [-0.05, 0) is 27.1 Å². The van der Waals surface area contributed by atoms with Crippen LogP contribution in [0.5, 0.6) is 0 Å². The van der Waals surface area contributed by atoms with Crippen molar-refractivity contribution in [3.05, 3.63) is 28.8 Å². The molecule has 19 heavy (non-hydrogen) atoms. The molecule has 1 unspecified atom stereocenters. The number of rotatable bonds is 4. The Morgan fingerprint density at radius 2 is 2.11 bits per heavy atom. The molecule has 0 saturated carbocycles. The zero-order valence-corrected chi connectivity index (χ0v) is 12.6. The smallest absolute Gasteiger partial charge is 0.144 e. The first-order valence-corrected chi connectivity index (χ1v) is 6.91. The standard InChI is InChI=1S/C13H16Cl2FN3/c1-8(18(2)3)7-19-12-5-10(16)9(15)4-11(12)17-13(19)6-14/h4-5,8H,6-7H2,1-3H3. The third-order valence-corrected chi connectivity index (χ3v) is 3.85. The molecular formula is C13H16Cl2FN3. The first-order valence-electron chi connectivity index (χ1n) is 6.00. The van der Waals surface area contributed by atoms with E-state index in [1.54, 1.807) is 6.07 Å². The molecule has 0 aliphatic carbocycles. The van der Waals surface area contributed by atoms with Crippen LogP contribution in [0, 0.1) is 5.82 Å². The predicted molar refractivity (Wildman–Crippen MR) is 77.4 cm³/mol. The van der Waals surface area contributed by atoms with E-state index in [2.05, 4.69) is 16.8 Å². The van der Waals surface area contributed by atoms with Crippen LogP contribution in [0.2, 0.25) is 5.02 Å². The molecule has 0 aliphatic heterocycles. The molecule has 1 atom stereocenters. The van der Waals surface area contributed by atoms with E-state index < -0.39 is 5.82 Å². The number of imidazole rings is 1. The van der Waals surface area contributed by atoms with Crippen molar-refractivity contribution in [3.8, 4) is 0 Å². The van der Waals surface area contributed by atoms with Gasteiger partial charge in [0.05, 0.1) is 21.9 Å². The Kier molecular flexibility index (Phi) is 4.33. The van der Waals surface area contributed by atoms with Crippen LogP contribution >= 0.6 is 23.2 Å². The second-order valence-electron chi connectivity index (χ2n) is 4.84. The van der Waals surface area contributed by atoms with Gasteiger partial charge in [0.2, 0.25) is 0 Å². The van der Waals surface area contributed by atoms with Gasteiger partial charge in [0, 0.05) is 18.7 Å². The van der Waals surface area contributed by atoms with Gasteiger partial charge in [0.1, 0.15) is 11.6 Å². The molecule has 0 N–H and O–H groups in total. The summed E-state index contributed by atoms with van der Waals surface area (Å²) in [5.41, 5.74) is 1.40. The fourth-order valence-electron chi connectivity index (χ4n) is 1.90. The number of hydrogen-bond donors (Lipinski definition) is 0. The van der Waals surface area contributed by atoms with Crippen molar-refractivity contribution in [1.29, 1.82) is 0 Å². The molecule has 104 valence electrons. The maximum atomic E-state index is 13.6. The minimum absolute atomic E-state index is 0.0823. The molecule has 0 amide bonds. The van der Waals surface area contributed by atoms with E-state index in [-0.39, 0.29) is 16.9 Å². The molecule has 0 radical (unpaired) electrons. The van der Waals surface area contributed by atoms with Crippen molar-refractivity contribution in [2.75, 3.05) is 14.1 Å². The molecule has 1 aromatic heterocycles. The minimum Gasteiger partial charge on any atom is -0.325 e. The zero-order chi connectivity index (χ0) is 14.2. The maximum absolute atomic E-state index is 13.6. The van der Waals surface area contributed by atoms with E-state index in [1.807, 2.05) is 18.7 Å². The average Bonchev–Trinajstić information content (AvgIpc) is 2.67. The highest BCUT2D eigenvalue weighted by Gasteiger charge is 2.15. The van der Waals surface area contributed by atoms with Gasteiger partial charge < -0.3 is 9.47 Å². The van der Waals surface area contributed by atoms with E-state index in [0.29, 0.717) is 12.1 Å². The molecule has 3 nitrogen and oxygen atoms in total. The molecule has 2 rings (SSSR count). The Hall–Kier alpha value is -0.840. The van der Waals surface area contributed by atoms with Crippen molar-refractivity contribution < 1.29 is 4.39 Å². The van der Waals surface area contributed by atoms with E-state index in [9.17, 15) is 4.39 Å². The van der Waals surface area contributed by atoms with Crippen molar-refractivity contribution >= 4 is 34.2 Å². The first-order chi connectivity index (χ1) is 8.93. The van der Waals surface area contributed by atoms with Gasteiger partial charge in [0.25, 0.3) is 0 Å². The third kappa shape index (κ3) is 2.86. The quantitative estimate of drug-likeness (QED) is 0.806. The number of hydrogen-bond acceptors (Lipinski definition) is 2. The van der Waals surface area contributed by atoms with Crippen molar-refractivity contribution in [2.24, 2.45) is 0 Å². The van der Waals surface area contributed by atoms with E-state index in [1.165, 1.54) is 6.07 Å². The third-order valence-electron chi connectivity index (χ3n) is 3.32. The summed E-state index contributed by atoms with van der Waals surface area (Å²) in [5, 5.41) is 0.0823. The SMILES string of the molecule is CC(Cn1c(CCl)nc2cc(Cl)c(F)cc21)N(C)C. The van der Waals surface area contributed by atoms with Gasteiger partial charge in [-0.3, -0.25) is 0 Å². The lowest BCUT2D eigenvalue weighted by Gasteiger charge is -2.21. The monoisotopic (exact) mass is 303 g/mol. The number of nitrogens with zero attached hydrogens (tertiary/aromatic N) is 3. The van der Waals surface area contributed by atoms with E-state index >= 15 is 0 Å². The lowest BCUT2D eigenvalue weighted by molar-refractivity contribution is 0.284. The average molecular weight is 304 g/mol. The second kappa shape index (κ2) is 5.65. The van der Waals surface area contributed by atoms with Crippen LogP contribution in [0.15, 0.2) is 12.1 Å². The fourth-order valence-corrected chi connectivity index (χ4v) is 2.27. The number of alkyl halides is 1. The second-order valence-corrected chi connectivity index (χ2v) is 5.51. The molecule has 0 fully saturated rings. The molecule has 2 aromatic rings. The lowest BCUT2D eigenvalue weighted by Crippen LogP contribution is -2.29. The summed E-state index contributed by atoms with van der Waals surface area (Å²) in [5.74, 6) is 0.578. The molecule has 0 bridgehead atoms. The highest BCUT2D eigenvalue weighted by molar-refractivity contribution is 6.31. The van der Waals surface area contributed by atoms with E-state index in [4.69, 9.17) is 23.2 Å². The predicted octanol–water partition coefficient (Wildman–Crippen LogP) is 3.52. The summed E-state index contributed by atoms with van der Waals surface area (Å²) < 4.78 is 15.6. The van der Waals surface area contributed by atoms with Crippen LogP contribution in [0.1, 0.15) is 12.7 Å². The van der Waals surface area contributed by atoms with Crippen LogP contribution < -0.4 is 0 Å². The summed E-state index contributed by atoms with van der Waals surface area (Å²) >= 11 is 11.7. The zero-order valence-electron chi connectivity index (χ0n) is 11.1. The fraction of sp³-hybridized carbons (Fsp3) is 0.462. The number of benzene rings is 1. The number of aromatic nitrogens is 2. The van der Waals surface area contributed by atoms with Gasteiger partial charge >= 0.3 is 0 Å². The Morgan fingerprint density at radius 1 is 1.42 bits per heavy atom. The molecule has 1 heterocycles. The normalized spacial score (nSPS) is 13.4. The maximum Gasteiger partial charge on any atom is 0.144 e. The van der Waals surface area contributed by atoms with Crippen LogP contribution in [0.3, 0.4) is 0 Å². The molecule has 0 saturated heterocycles. The van der Waals surface area contributed by atoms with Gasteiger partial charge in [-0.1, -0.05) is 11.6 Å². The topological polar surface area (TPSA) is 21.1 Å². The van der Waals surface area contributed by atoms with Gasteiger partial charge in [-0.25, -0.2) is 9.37 Å². The minimum atomic E-state index is -0.436. The Bertz CT molecular complexity index is 595. The highest BCUT2D eigenvalue weighted by Crippen LogP contribution is 2.25. The van der Waals surface area contributed by atoms with Gasteiger partial charge in [-0.2, -0.15) is 0 Å². The Balaban J connectivity index is 2.53. The van der Waals surface area contributed by atoms with Crippen molar-refractivity contribution in [3.63, 3.8) is 0 Å².